The average molecular weight is 921 g/mol. The average Bonchev–Trinajstić information content (AvgIpc) is 3.87. The van der Waals surface area contributed by atoms with E-state index in [1.54, 1.807) is 60.2 Å². The highest BCUT2D eigenvalue weighted by molar-refractivity contribution is 6.25. The second kappa shape index (κ2) is 19.8. The van der Waals surface area contributed by atoms with Crippen molar-refractivity contribution in [3.8, 4) is 11.1 Å². The van der Waals surface area contributed by atoms with Gasteiger partial charge < -0.3 is 24.9 Å². The molecule has 3 aromatic rings. The molecule has 67 heavy (non-hydrogen) atoms. The fraction of sp³-hybridized carbons (Fsp3) is 0.540. The van der Waals surface area contributed by atoms with Crippen LogP contribution in [0.3, 0.4) is 0 Å². The number of amidine groups is 1. The van der Waals surface area contributed by atoms with E-state index in [4.69, 9.17) is 0 Å². The van der Waals surface area contributed by atoms with Crippen molar-refractivity contribution in [2.24, 2.45) is 18.9 Å². The van der Waals surface area contributed by atoms with Gasteiger partial charge in [-0.25, -0.2) is 8.78 Å². The van der Waals surface area contributed by atoms with Crippen molar-refractivity contribution in [3.63, 3.8) is 0 Å². The van der Waals surface area contributed by atoms with Gasteiger partial charge in [0.05, 0.1) is 17.3 Å². The SMILES string of the molecule is CC(=O)N1CCC(CC2CCN(CCN3CCC(CCNc4cccc5c4C(=O)N(C4CCC(=O)NC4=O)C5=O)CC3)CC2)=C(C(=N)N2CCCc3cc(-c4cnn(C)c4)c(C(F)F)cc32)C1. The monoisotopic (exact) mass is 920 g/mol. The van der Waals surface area contributed by atoms with E-state index in [0.29, 0.717) is 78.3 Å². The van der Waals surface area contributed by atoms with Gasteiger partial charge in [0.2, 0.25) is 17.7 Å². The number of alkyl halides is 2. The Labute approximate surface area is 390 Å². The van der Waals surface area contributed by atoms with Gasteiger partial charge >= 0.3 is 0 Å². The number of hydrogen-bond acceptors (Lipinski definition) is 10. The maximum atomic E-state index is 14.6. The molecule has 0 spiro atoms. The van der Waals surface area contributed by atoms with Gasteiger partial charge in [-0.15, -0.1) is 0 Å². The summed E-state index contributed by atoms with van der Waals surface area (Å²) in [6.45, 7) is 9.92. The van der Waals surface area contributed by atoms with Crippen LogP contribution in [0.15, 0.2) is 53.9 Å². The number of nitrogens with zero attached hydrogens (tertiary/aromatic N) is 7. The van der Waals surface area contributed by atoms with Crippen molar-refractivity contribution in [1.29, 1.82) is 5.41 Å². The van der Waals surface area contributed by atoms with Crippen LogP contribution in [0, 0.1) is 17.2 Å². The molecule has 7 heterocycles. The van der Waals surface area contributed by atoms with E-state index in [-0.39, 0.29) is 29.9 Å². The topological polar surface area (TPSA) is 167 Å². The Hall–Kier alpha value is -5.81. The van der Waals surface area contributed by atoms with E-state index in [0.717, 1.165) is 107 Å². The molecule has 5 amide bonds. The molecule has 0 radical (unpaired) electrons. The first kappa shape index (κ1) is 46.3. The highest BCUT2D eigenvalue weighted by atomic mass is 19.3. The van der Waals surface area contributed by atoms with Crippen molar-refractivity contribution in [2.75, 3.05) is 75.7 Å². The quantitative estimate of drug-likeness (QED) is 0.105. The Morgan fingerprint density at radius 3 is 2.30 bits per heavy atom. The number of fused-ring (bicyclic) bond motifs is 2. The second-order valence-corrected chi connectivity index (χ2v) is 19.3. The molecule has 3 N–H and O–H groups in total. The highest BCUT2D eigenvalue weighted by Gasteiger charge is 2.45. The van der Waals surface area contributed by atoms with Gasteiger partial charge in [-0.1, -0.05) is 11.6 Å². The molecule has 0 saturated carbocycles. The molecule has 6 aliphatic rings. The minimum absolute atomic E-state index is 0.0222. The molecule has 9 rings (SSSR count). The third kappa shape index (κ3) is 9.80. The standard InChI is InChI=1S/C50H62F2N10O5/c1-31(63)60-22-15-34(40(30-60)47(53)61-17-4-5-35-26-38(36-28-55-57(2)29-36)39(46(51)52)27-43(35)61)25-33-13-20-59(21-14-33)24-23-58-18-11-32(12-19-58)10-16-54-41-7-3-6-37-45(41)50(67)62(49(37)66)42-8-9-44(64)56-48(42)65/h3,6-7,26-29,32-33,42,46,53-54H,4-5,8-25,30H2,1-2H3,(H,56,64,65). The van der Waals surface area contributed by atoms with Crippen molar-refractivity contribution in [2.45, 2.75) is 90.0 Å². The molecular weight excluding hydrogens is 859 g/mol. The molecule has 17 heteroatoms. The van der Waals surface area contributed by atoms with E-state index in [9.17, 15) is 38.2 Å². The number of carbonyl (C=O) groups excluding carboxylic acids is 5. The van der Waals surface area contributed by atoms with Crippen LogP contribution in [0.1, 0.15) is 109 Å². The summed E-state index contributed by atoms with van der Waals surface area (Å²) in [5, 5.41) is 19.5. The first-order valence-corrected chi connectivity index (χ1v) is 24.1. The third-order valence-electron chi connectivity index (χ3n) is 15.1. The van der Waals surface area contributed by atoms with Crippen molar-refractivity contribution >= 4 is 46.7 Å². The molecule has 3 fully saturated rings. The Balaban J connectivity index is 0.749. The largest absolute Gasteiger partial charge is 0.384 e. The van der Waals surface area contributed by atoms with Crippen LogP contribution in [0.4, 0.5) is 20.2 Å². The highest BCUT2D eigenvalue weighted by Crippen LogP contribution is 2.41. The summed E-state index contributed by atoms with van der Waals surface area (Å²) in [6.07, 6.45) is 9.26. The lowest BCUT2D eigenvalue weighted by Gasteiger charge is -2.39. The summed E-state index contributed by atoms with van der Waals surface area (Å²) in [6, 6.07) is 7.61. The van der Waals surface area contributed by atoms with E-state index in [1.807, 2.05) is 11.0 Å². The number of piperidine rings is 3. The van der Waals surface area contributed by atoms with E-state index in [2.05, 4.69) is 25.5 Å². The van der Waals surface area contributed by atoms with Gasteiger partial charge in [-0.3, -0.25) is 44.3 Å². The van der Waals surface area contributed by atoms with Crippen LogP contribution in [0.2, 0.25) is 0 Å². The fourth-order valence-electron chi connectivity index (χ4n) is 11.2. The van der Waals surface area contributed by atoms with E-state index >= 15 is 0 Å². The molecule has 1 aromatic heterocycles. The van der Waals surface area contributed by atoms with Gasteiger partial charge in [-0.2, -0.15) is 5.10 Å². The number of carbonyl (C=O) groups is 5. The minimum atomic E-state index is -2.69. The number of hydrogen-bond donors (Lipinski definition) is 3. The normalized spacial score (nSPS) is 21.3. The number of anilines is 2. The number of aryl methyl sites for hydroxylation is 2. The predicted octanol–water partition coefficient (Wildman–Crippen LogP) is 6.02. The number of benzene rings is 2. The Bertz CT molecular complexity index is 2470. The molecule has 0 bridgehead atoms. The van der Waals surface area contributed by atoms with E-state index in [1.165, 1.54) is 5.57 Å². The lowest BCUT2D eigenvalue weighted by molar-refractivity contribution is -0.136. The molecule has 1 atom stereocenters. The van der Waals surface area contributed by atoms with Crippen LogP contribution in [-0.2, 0) is 27.9 Å². The summed E-state index contributed by atoms with van der Waals surface area (Å²) >= 11 is 0. The number of likely N-dealkylation sites (tertiary alicyclic amines) is 2. The summed E-state index contributed by atoms with van der Waals surface area (Å²) < 4.78 is 30.8. The second-order valence-electron chi connectivity index (χ2n) is 19.3. The van der Waals surface area contributed by atoms with Gasteiger partial charge in [0, 0.05) is 93.9 Å². The number of rotatable bonds is 13. The molecule has 356 valence electrons. The first-order chi connectivity index (χ1) is 32.3. The summed E-state index contributed by atoms with van der Waals surface area (Å²) in [5.74, 6) is -0.704. The number of amides is 5. The number of imide groups is 2. The van der Waals surface area contributed by atoms with Crippen LogP contribution in [-0.4, -0.2) is 136 Å². The predicted molar refractivity (Wildman–Crippen MR) is 250 cm³/mol. The molecule has 15 nitrogen and oxygen atoms in total. The van der Waals surface area contributed by atoms with Gasteiger partial charge in [0.1, 0.15) is 11.9 Å². The number of aromatic nitrogens is 2. The van der Waals surface area contributed by atoms with Crippen molar-refractivity contribution < 1.29 is 32.8 Å². The smallest absolute Gasteiger partial charge is 0.264 e. The van der Waals surface area contributed by atoms with Crippen LogP contribution in [0.25, 0.3) is 11.1 Å². The molecular formula is C50H62F2N10O5. The van der Waals surface area contributed by atoms with Crippen molar-refractivity contribution in [1.82, 2.24) is 34.7 Å². The van der Waals surface area contributed by atoms with Gasteiger partial charge in [-0.05, 0) is 138 Å². The summed E-state index contributed by atoms with van der Waals surface area (Å²) in [4.78, 5) is 73.4. The molecule has 6 aliphatic heterocycles. The first-order valence-electron chi connectivity index (χ1n) is 24.1. The lowest BCUT2D eigenvalue weighted by Crippen LogP contribution is -2.54. The molecule has 2 aromatic carbocycles. The Morgan fingerprint density at radius 1 is 0.896 bits per heavy atom. The van der Waals surface area contributed by atoms with Gasteiger partial charge in [0.25, 0.3) is 18.2 Å². The summed E-state index contributed by atoms with van der Waals surface area (Å²) in [5.41, 5.74) is 5.91. The number of nitrogens with one attached hydrogen (secondary N) is 3. The maximum Gasteiger partial charge on any atom is 0.264 e. The molecule has 3 saturated heterocycles. The Morgan fingerprint density at radius 2 is 1.63 bits per heavy atom. The zero-order chi connectivity index (χ0) is 46.9. The maximum absolute atomic E-state index is 14.6. The van der Waals surface area contributed by atoms with Gasteiger partial charge in [0.15, 0.2) is 0 Å². The van der Waals surface area contributed by atoms with E-state index < -0.39 is 36.1 Å². The fourth-order valence-corrected chi connectivity index (χ4v) is 11.2. The summed E-state index contributed by atoms with van der Waals surface area (Å²) in [7, 11) is 1.77. The minimum Gasteiger partial charge on any atom is -0.384 e. The number of halogens is 2. The van der Waals surface area contributed by atoms with Crippen LogP contribution < -0.4 is 15.5 Å². The zero-order valence-electron chi connectivity index (χ0n) is 38.6. The van der Waals surface area contributed by atoms with Crippen molar-refractivity contribution in [3.05, 3.63) is 76.1 Å². The lowest BCUT2D eigenvalue weighted by atomic mass is 9.84. The van der Waals surface area contributed by atoms with Crippen LogP contribution in [0.5, 0.6) is 0 Å². The van der Waals surface area contributed by atoms with Crippen LogP contribution >= 0.6 is 0 Å². The zero-order valence-corrected chi connectivity index (χ0v) is 38.6. The Kier molecular flexibility index (Phi) is 13.7. The molecule has 1 unspecified atom stereocenters. The third-order valence-corrected chi connectivity index (χ3v) is 15.1. The molecule has 0 aliphatic carbocycles.